The molecule has 5 nitrogen and oxygen atoms in total. The summed E-state index contributed by atoms with van der Waals surface area (Å²) in [5.74, 6) is -1.07. The number of nitrogen functional groups attached to an aromatic ring is 1. The van der Waals surface area contributed by atoms with Crippen LogP contribution in [0.1, 0.15) is 35.2 Å². The third-order valence-corrected chi connectivity index (χ3v) is 2.98. The van der Waals surface area contributed by atoms with E-state index < -0.39 is 31.0 Å². The quantitative estimate of drug-likeness (QED) is 0.668. The second kappa shape index (κ2) is 7.67. The van der Waals surface area contributed by atoms with Crippen LogP contribution in [0.4, 0.5) is 18.9 Å². The number of carbonyl (C=O) groups is 2. The molecular formula is C14H18F3N3O2. The number of nitrogens with two attached hydrogens (primary N) is 2. The average Bonchev–Trinajstić information content (AvgIpc) is 2.38. The second-order valence-corrected chi connectivity index (χ2v) is 4.85. The molecule has 0 aromatic heterocycles. The Morgan fingerprint density at radius 3 is 2.50 bits per heavy atom. The molecule has 22 heavy (non-hydrogen) atoms. The number of alkyl halides is 3. The van der Waals surface area contributed by atoms with Crippen LogP contribution in [0.15, 0.2) is 18.2 Å². The number of hydrogen-bond donors (Lipinski definition) is 3. The van der Waals surface area contributed by atoms with Crippen molar-refractivity contribution >= 4 is 17.5 Å². The Bertz CT molecular complexity index is 545. The van der Waals surface area contributed by atoms with Crippen molar-refractivity contribution < 1.29 is 22.8 Å². The van der Waals surface area contributed by atoms with Crippen LogP contribution in [0.2, 0.25) is 0 Å². The normalized spacial score (nSPS) is 11.2. The van der Waals surface area contributed by atoms with E-state index in [1.54, 1.807) is 12.1 Å². The summed E-state index contributed by atoms with van der Waals surface area (Å²) in [6.45, 7) is -0.434. The summed E-state index contributed by atoms with van der Waals surface area (Å²) in [5.41, 5.74) is 12.2. The lowest BCUT2D eigenvalue weighted by molar-refractivity contribution is -0.135. The van der Waals surface area contributed by atoms with Gasteiger partial charge in [-0.05, 0) is 30.5 Å². The third-order valence-electron chi connectivity index (χ3n) is 2.98. The molecule has 8 heteroatoms. The van der Waals surface area contributed by atoms with Gasteiger partial charge in [-0.1, -0.05) is 6.07 Å². The van der Waals surface area contributed by atoms with Crippen LogP contribution >= 0.6 is 0 Å². The Hall–Kier alpha value is -2.25. The van der Waals surface area contributed by atoms with Crippen LogP contribution < -0.4 is 16.8 Å². The number of rotatable bonds is 7. The number of aryl methyl sites for hydroxylation is 1. The first-order valence-corrected chi connectivity index (χ1v) is 6.70. The molecule has 0 spiro atoms. The minimum Gasteiger partial charge on any atom is -0.399 e. The van der Waals surface area contributed by atoms with Gasteiger partial charge in [0, 0.05) is 24.2 Å². The molecule has 0 saturated carbocycles. The van der Waals surface area contributed by atoms with Crippen LogP contribution in [0, 0.1) is 0 Å². The highest BCUT2D eigenvalue weighted by atomic mass is 19.4. The Labute approximate surface area is 125 Å². The van der Waals surface area contributed by atoms with E-state index in [0.717, 1.165) is 0 Å². The maximum absolute atomic E-state index is 11.9. The highest BCUT2D eigenvalue weighted by molar-refractivity contribution is 5.95. The smallest absolute Gasteiger partial charge is 0.390 e. The summed E-state index contributed by atoms with van der Waals surface area (Å²) in [5, 5.41) is 2.20. The fourth-order valence-electron chi connectivity index (χ4n) is 1.91. The number of anilines is 1. The van der Waals surface area contributed by atoms with Gasteiger partial charge in [0.05, 0.1) is 6.42 Å². The number of carbonyl (C=O) groups excluding carboxylic acids is 2. The van der Waals surface area contributed by atoms with Crippen LogP contribution in [0.5, 0.6) is 0 Å². The lowest BCUT2D eigenvalue weighted by Crippen LogP contribution is -2.27. The molecule has 2 amide bonds. The summed E-state index contributed by atoms with van der Waals surface area (Å²) in [4.78, 5) is 22.7. The molecule has 0 heterocycles. The van der Waals surface area contributed by atoms with Gasteiger partial charge in [0.15, 0.2) is 0 Å². The van der Waals surface area contributed by atoms with E-state index in [-0.39, 0.29) is 12.0 Å². The molecule has 0 aliphatic carbocycles. The van der Waals surface area contributed by atoms with Crippen molar-refractivity contribution in [2.75, 3.05) is 12.3 Å². The van der Waals surface area contributed by atoms with E-state index in [1.165, 1.54) is 6.07 Å². The highest BCUT2D eigenvalue weighted by Crippen LogP contribution is 2.18. The van der Waals surface area contributed by atoms with E-state index in [9.17, 15) is 22.8 Å². The summed E-state index contributed by atoms with van der Waals surface area (Å²) in [6, 6.07) is 4.73. The summed E-state index contributed by atoms with van der Waals surface area (Å²) in [7, 11) is 0. The van der Waals surface area contributed by atoms with Crippen LogP contribution in [0.3, 0.4) is 0 Å². The molecule has 0 bridgehead atoms. The molecule has 0 unspecified atom stereocenters. The Morgan fingerprint density at radius 2 is 1.91 bits per heavy atom. The van der Waals surface area contributed by atoms with Gasteiger partial charge in [0.1, 0.15) is 0 Å². The molecule has 0 aliphatic rings. The maximum atomic E-state index is 11.9. The van der Waals surface area contributed by atoms with Gasteiger partial charge in [-0.2, -0.15) is 13.2 Å². The maximum Gasteiger partial charge on any atom is 0.390 e. The largest absolute Gasteiger partial charge is 0.399 e. The summed E-state index contributed by atoms with van der Waals surface area (Å²) in [6.07, 6.45) is -4.47. The fraction of sp³-hybridized carbons (Fsp3) is 0.429. The number of hydrogen-bond acceptors (Lipinski definition) is 3. The van der Waals surface area contributed by atoms with Crippen molar-refractivity contribution in [2.24, 2.45) is 5.73 Å². The molecule has 1 aromatic rings. The molecule has 1 rings (SSSR count). The first kappa shape index (κ1) is 17.8. The molecule has 1 aromatic carbocycles. The molecule has 0 saturated heterocycles. The number of benzene rings is 1. The molecule has 0 aliphatic heterocycles. The standard InChI is InChI=1S/C14H18F3N3O2/c15-14(16,17)6-7-20-12(21)3-1-2-9-4-5-10(18)8-11(9)13(19)22/h4-5,8H,1-3,6-7,18H2,(H2,19,22)(H,20,21). The molecule has 0 atom stereocenters. The van der Waals surface area contributed by atoms with Gasteiger partial charge in [-0.3, -0.25) is 9.59 Å². The molecule has 0 fully saturated rings. The number of amides is 2. The minimum atomic E-state index is -4.28. The van der Waals surface area contributed by atoms with Crippen LogP contribution in [-0.4, -0.2) is 24.5 Å². The van der Waals surface area contributed by atoms with E-state index in [1.807, 2.05) is 0 Å². The van der Waals surface area contributed by atoms with Gasteiger partial charge in [0.2, 0.25) is 11.8 Å². The van der Waals surface area contributed by atoms with E-state index >= 15 is 0 Å². The zero-order chi connectivity index (χ0) is 16.8. The fourth-order valence-corrected chi connectivity index (χ4v) is 1.91. The predicted octanol–water partition coefficient (Wildman–Crippen LogP) is 1.76. The van der Waals surface area contributed by atoms with Gasteiger partial charge in [0.25, 0.3) is 0 Å². The summed E-state index contributed by atoms with van der Waals surface area (Å²) >= 11 is 0. The zero-order valence-corrected chi connectivity index (χ0v) is 11.9. The van der Waals surface area contributed by atoms with Gasteiger partial charge >= 0.3 is 6.18 Å². The number of nitrogens with one attached hydrogen (secondary N) is 1. The van der Waals surface area contributed by atoms with Crippen molar-refractivity contribution in [3.05, 3.63) is 29.3 Å². The van der Waals surface area contributed by atoms with E-state index in [4.69, 9.17) is 11.5 Å². The monoisotopic (exact) mass is 317 g/mol. The minimum absolute atomic E-state index is 0.0699. The van der Waals surface area contributed by atoms with Crippen molar-refractivity contribution in [2.45, 2.75) is 31.9 Å². The van der Waals surface area contributed by atoms with E-state index in [0.29, 0.717) is 24.1 Å². The van der Waals surface area contributed by atoms with Crippen molar-refractivity contribution in [3.8, 4) is 0 Å². The lowest BCUT2D eigenvalue weighted by atomic mass is 10.0. The Morgan fingerprint density at radius 1 is 1.23 bits per heavy atom. The second-order valence-electron chi connectivity index (χ2n) is 4.85. The Kier molecular flexibility index (Phi) is 6.21. The number of primary amides is 1. The first-order valence-electron chi connectivity index (χ1n) is 6.70. The molecule has 122 valence electrons. The van der Waals surface area contributed by atoms with Gasteiger partial charge in [-0.25, -0.2) is 0 Å². The topological polar surface area (TPSA) is 98.2 Å². The molecule has 5 N–H and O–H groups in total. The van der Waals surface area contributed by atoms with Gasteiger partial charge < -0.3 is 16.8 Å². The van der Waals surface area contributed by atoms with Crippen LogP contribution in [0.25, 0.3) is 0 Å². The SMILES string of the molecule is NC(=O)c1cc(N)ccc1CCCC(=O)NCCC(F)(F)F. The average molecular weight is 317 g/mol. The summed E-state index contributed by atoms with van der Waals surface area (Å²) < 4.78 is 35.8. The van der Waals surface area contributed by atoms with Crippen molar-refractivity contribution in [1.82, 2.24) is 5.32 Å². The highest BCUT2D eigenvalue weighted by Gasteiger charge is 2.26. The van der Waals surface area contributed by atoms with E-state index in [2.05, 4.69) is 5.32 Å². The Balaban J connectivity index is 2.41. The van der Waals surface area contributed by atoms with Crippen molar-refractivity contribution in [3.63, 3.8) is 0 Å². The van der Waals surface area contributed by atoms with Crippen LogP contribution in [-0.2, 0) is 11.2 Å². The molecule has 0 radical (unpaired) electrons. The lowest BCUT2D eigenvalue weighted by Gasteiger charge is -2.09. The zero-order valence-electron chi connectivity index (χ0n) is 11.9. The first-order chi connectivity index (χ1) is 10.2. The molecular weight excluding hydrogens is 299 g/mol. The third kappa shape index (κ3) is 6.47. The number of halogens is 3. The van der Waals surface area contributed by atoms with Crippen molar-refractivity contribution in [1.29, 1.82) is 0 Å². The van der Waals surface area contributed by atoms with Gasteiger partial charge in [-0.15, -0.1) is 0 Å². The predicted molar refractivity (Wildman–Crippen MR) is 76.0 cm³/mol.